The highest BCUT2D eigenvalue weighted by atomic mass is 35.5. The Hall–Kier alpha value is -1.12. The summed E-state index contributed by atoms with van der Waals surface area (Å²) in [5.41, 5.74) is 3.84. The molecule has 18 heavy (non-hydrogen) atoms. The van der Waals surface area contributed by atoms with Crippen LogP contribution in [0, 0.1) is 0 Å². The molecule has 1 unspecified atom stereocenters. The van der Waals surface area contributed by atoms with Crippen LogP contribution in [0.3, 0.4) is 0 Å². The van der Waals surface area contributed by atoms with Crippen LogP contribution in [0.1, 0.15) is 17.2 Å². The molecule has 2 aromatic rings. The van der Waals surface area contributed by atoms with Crippen molar-refractivity contribution >= 4 is 29.1 Å². The van der Waals surface area contributed by atoms with Gasteiger partial charge < -0.3 is 5.32 Å². The van der Waals surface area contributed by atoms with Crippen LogP contribution in [0.2, 0.25) is 5.02 Å². The van der Waals surface area contributed by atoms with E-state index in [1.807, 2.05) is 36.0 Å². The summed E-state index contributed by atoms with van der Waals surface area (Å²) in [4.78, 5) is 0. The van der Waals surface area contributed by atoms with Crippen LogP contribution in [0.25, 0.3) is 0 Å². The number of hydrogen-bond acceptors (Lipinski definition) is 2. The van der Waals surface area contributed by atoms with Crippen molar-refractivity contribution < 1.29 is 0 Å². The van der Waals surface area contributed by atoms with Crippen molar-refractivity contribution in [1.82, 2.24) is 0 Å². The number of thioether (sulfide) groups is 1. The van der Waals surface area contributed by atoms with Crippen LogP contribution in [0.4, 0.5) is 5.69 Å². The molecule has 0 fully saturated rings. The first-order valence-electron chi connectivity index (χ1n) is 6.01. The fraction of sp³-hybridized carbons (Fsp3) is 0.200. The molecular formula is C15H14ClNS. The van der Waals surface area contributed by atoms with E-state index in [2.05, 4.69) is 29.6 Å². The molecule has 2 aromatic carbocycles. The van der Waals surface area contributed by atoms with Gasteiger partial charge in [-0.2, -0.15) is 11.8 Å². The Kier molecular flexibility index (Phi) is 3.48. The zero-order valence-electron chi connectivity index (χ0n) is 9.90. The van der Waals surface area contributed by atoms with Crippen molar-refractivity contribution in [3.05, 3.63) is 64.7 Å². The number of nitrogens with one attached hydrogen (secondary N) is 1. The molecular weight excluding hydrogens is 262 g/mol. The van der Waals surface area contributed by atoms with E-state index in [-0.39, 0.29) is 0 Å². The lowest BCUT2D eigenvalue weighted by atomic mass is 10.0. The minimum Gasteiger partial charge on any atom is -0.376 e. The second-order valence-electron chi connectivity index (χ2n) is 4.39. The third kappa shape index (κ3) is 2.36. The second kappa shape index (κ2) is 5.25. The lowest BCUT2D eigenvalue weighted by Crippen LogP contribution is -2.18. The maximum atomic E-state index is 6.20. The van der Waals surface area contributed by atoms with E-state index in [9.17, 15) is 0 Å². The smallest absolute Gasteiger partial charge is 0.0637 e. The number of anilines is 1. The highest BCUT2D eigenvalue weighted by Crippen LogP contribution is 2.35. The Balaban J connectivity index is 1.89. The summed E-state index contributed by atoms with van der Waals surface area (Å²) in [7, 11) is 0. The average Bonchev–Trinajstić information content (AvgIpc) is 2.42. The standard InChI is InChI=1S/C15H14ClNS/c16-13-7-3-4-8-14(13)17-15-10-18-9-11-5-1-2-6-12(11)15/h1-8,15,17H,9-10H2. The average molecular weight is 276 g/mol. The van der Waals surface area contributed by atoms with Gasteiger partial charge in [-0.1, -0.05) is 48.0 Å². The minimum absolute atomic E-state index is 0.347. The summed E-state index contributed by atoms with van der Waals surface area (Å²) >= 11 is 8.17. The number of para-hydroxylation sites is 1. The molecule has 1 N–H and O–H groups in total. The molecule has 0 bridgehead atoms. The Morgan fingerprint density at radius 3 is 2.72 bits per heavy atom. The van der Waals surface area contributed by atoms with Gasteiger partial charge in [0.2, 0.25) is 0 Å². The Bertz CT molecular complexity index is 556. The Morgan fingerprint density at radius 2 is 1.83 bits per heavy atom. The monoisotopic (exact) mass is 275 g/mol. The summed E-state index contributed by atoms with van der Waals surface area (Å²) in [6, 6.07) is 16.9. The molecule has 0 aliphatic carbocycles. The van der Waals surface area contributed by atoms with Crippen molar-refractivity contribution in [2.24, 2.45) is 0 Å². The van der Waals surface area contributed by atoms with Gasteiger partial charge in [0, 0.05) is 11.5 Å². The van der Waals surface area contributed by atoms with Gasteiger partial charge in [-0.15, -0.1) is 0 Å². The summed E-state index contributed by atoms with van der Waals surface area (Å²) in [6.45, 7) is 0. The first-order valence-corrected chi connectivity index (χ1v) is 7.54. The maximum absolute atomic E-state index is 6.20. The molecule has 0 saturated carbocycles. The first kappa shape index (κ1) is 11.9. The van der Waals surface area contributed by atoms with Crippen molar-refractivity contribution in [1.29, 1.82) is 0 Å². The number of benzene rings is 2. The molecule has 0 amide bonds. The van der Waals surface area contributed by atoms with Gasteiger partial charge in [0.1, 0.15) is 0 Å². The van der Waals surface area contributed by atoms with Crippen LogP contribution < -0.4 is 5.32 Å². The Labute approximate surface area is 117 Å². The molecule has 1 nitrogen and oxygen atoms in total. The second-order valence-corrected chi connectivity index (χ2v) is 5.83. The molecule has 0 radical (unpaired) electrons. The van der Waals surface area contributed by atoms with Gasteiger partial charge in [-0.25, -0.2) is 0 Å². The van der Waals surface area contributed by atoms with Gasteiger partial charge >= 0.3 is 0 Å². The van der Waals surface area contributed by atoms with Gasteiger partial charge in [0.25, 0.3) is 0 Å². The molecule has 0 aromatic heterocycles. The fourth-order valence-corrected chi connectivity index (χ4v) is 3.56. The maximum Gasteiger partial charge on any atom is 0.0637 e. The largest absolute Gasteiger partial charge is 0.376 e. The van der Waals surface area contributed by atoms with Crippen molar-refractivity contribution in [3.8, 4) is 0 Å². The van der Waals surface area contributed by atoms with Crippen LogP contribution in [-0.2, 0) is 5.75 Å². The van der Waals surface area contributed by atoms with E-state index in [1.165, 1.54) is 11.1 Å². The van der Waals surface area contributed by atoms with Crippen molar-refractivity contribution in [3.63, 3.8) is 0 Å². The molecule has 1 aliphatic rings. The molecule has 1 heterocycles. The molecule has 1 atom stereocenters. The third-order valence-electron chi connectivity index (χ3n) is 3.18. The Morgan fingerprint density at radius 1 is 1.06 bits per heavy atom. The summed E-state index contributed by atoms with van der Waals surface area (Å²) < 4.78 is 0. The predicted octanol–water partition coefficient (Wildman–Crippen LogP) is 4.74. The highest BCUT2D eigenvalue weighted by molar-refractivity contribution is 7.98. The van der Waals surface area contributed by atoms with Crippen LogP contribution in [0.5, 0.6) is 0 Å². The van der Waals surface area contributed by atoms with Gasteiger partial charge in [-0.3, -0.25) is 0 Å². The fourth-order valence-electron chi connectivity index (χ4n) is 2.27. The molecule has 3 heteroatoms. The van der Waals surface area contributed by atoms with E-state index in [0.29, 0.717) is 6.04 Å². The normalized spacial score (nSPS) is 18.2. The molecule has 1 aliphatic heterocycles. The zero-order chi connectivity index (χ0) is 12.4. The first-order chi connectivity index (χ1) is 8.84. The zero-order valence-corrected chi connectivity index (χ0v) is 11.5. The third-order valence-corrected chi connectivity index (χ3v) is 4.59. The quantitative estimate of drug-likeness (QED) is 0.850. The van der Waals surface area contributed by atoms with E-state index in [4.69, 9.17) is 11.6 Å². The number of rotatable bonds is 2. The van der Waals surface area contributed by atoms with Gasteiger partial charge in [0.05, 0.1) is 16.8 Å². The van der Waals surface area contributed by atoms with Gasteiger partial charge in [0.15, 0.2) is 0 Å². The van der Waals surface area contributed by atoms with E-state index in [1.54, 1.807) is 0 Å². The lowest BCUT2D eigenvalue weighted by Gasteiger charge is -2.27. The van der Waals surface area contributed by atoms with Crippen LogP contribution >= 0.6 is 23.4 Å². The summed E-state index contributed by atoms with van der Waals surface area (Å²) in [5, 5.41) is 4.34. The molecule has 3 rings (SSSR count). The molecule has 0 spiro atoms. The minimum atomic E-state index is 0.347. The molecule has 92 valence electrons. The predicted molar refractivity (Wildman–Crippen MR) is 80.4 cm³/mol. The SMILES string of the molecule is Clc1ccccc1NC1CSCc2ccccc21. The van der Waals surface area contributed by atoms with Crippen molar-refractivity contribution in [2.45, 2.75) is 11.8 Å². The molecule has 0 saturated heterocycles. The van der Waals surface area contributed by atoms with E-state index < -0.39 is 0 Å². The number of halogens is 1. The van der Waals surface area contributed by atoms with Crippen molar-refractivity contribution in [2.75, 3.05) is 11.1 Å². The number of fused-ring (bicyclic) bond motifs is 1. The summed E-state index contributed by atoms with van der Waals surface area (Å²) in [5.74, 6) is 2.19. The summed E-state index contributed by atoms with van der Waals surface area (Å²) in [6.07, 6.45) is 0. The number of hydrogen-bond donors (Lipinski definition) is 1. The lowest BCUT2D eigenvalue weighted by molar-refractivity contribution is 0.871. The van der Waals surface area contributed by atoms with Crippen LogP contribution in [0.15, 0.2) is 48.5 Å². The van der Waals surface area contributed by atoms with Crippen LogP contribution in [-0.4, -0.2) is 5.75 Å². The van der Waals surface area contributed by atoms with Gasteiger partial charge in [-0.05, 0) is 23.3 Å². The highest BCUT2D eigenvalue weighted by Gasteiger charge is 2.20. The topological polar surface area (TPSA) is 12.0 Å². The van der Waals surface area contributed by atoms with E-state index in [0.717, 1.165) is 22.2 Å². The van der Waals surface area contributed by atoms with E-state index >= 15 is 0 Å².